The zero-order valence-electron chi connectivity index (χ0n) is 18.2. The van der Waals surface area contributed by atoms with E-state index in [0.29, 0.717) is 10.8 Å². The molecule has 0 radical (unpaired) electrons. The van der Waals surface area contributed by atoms with Crippen molar-refractivity contribution in [3.05, 3.63) is 88.9 Å². The first-order chi connectivity index (χ1) is 15.9. The zero-order chi connectivity index (χ0) is 23.4. The van der Waals surface area contributed by atoms with Gasteiger partial charge in [-0.2, -0.15) is 0 Å². The summed E-state index contributed by atoms with van der Waals surface area (Å²) in [6.45, 7) is -0.410. The van der Waals surface area contributed by atoms with Gasteiger partial charge < -0.3 is 10.1 Å². The quantitative estimate of drug-likeness (QED) is 0.525. The van der Waals surface area contributed by atoms with E-state index < -0.39 is 22.5 Å². The number of ether oxygens (including phenoxy) is 1. The van der Waals surface area contributed by atoms with Gasteiger partial charge in [0.15, 0.2) is 0 Å². The molecule has 0 saturated heterocycles. The minimum atomic E-state index is -4.07. The van der Waals surface area contributed by atoms with Gasteiger partial charge in [-0.05, 0) is 60.7 Å². The minimum Gasteiger partial charge on any atom is -0.495 e. The topological polar surface area (TPSA) is 75.7 Å². The number of hydrogen-bond donors (Lipinski definition) is 1. The molecule has 33 heavy (non-hydrogen) atoms. The first-order valence-corrected chi connectivity index (χ1v) is 12.5. The molecule has 0 bridgehead atoms. The van der Waals surface area contributed by atoms with Crippen LogP contribution in [-0.4, -0.2) is 28.0 Å². The molecule has 3 aromatic rings. The van der Waals surface area contributed by atoms with E-state index in [2.05, 4.69) is 11.4 Å². The smallest absolute Gasteiger partial charge is 0.264 e. The van der Waals surface area contributed by atoms with Gasteiger partial charge in [-0.25, -0.2) is 8.42 Å². The third-order valence-corrected chi connectivity index (χ3v) is 7.74. The fraction of sp³-hybridized carbons (Fsp3) is 0.240. The lowest BCUT2D eigenvalue weighted by atomic mass is 9.88. The van der Waals surface area contributed by atoms with Crippen LogP contribution in [0, 0.1) is 0 Å². The largest absolute Gasteiger partial charge is 0.495 e. The molecule has 3 aromatic carbocycles. The van der Waals surface area contributed by atoms with Gasteiger partial charge >= 0.3 is 0 Å². The Hall–Kier alpha value is -3.03. The molecule has 0 heterocycles. The number of anilines is 1. The summed E-state index contributed by atoms with van der Waals surface area (Å²) < 4.78 is 33.6. The fourth-order valence-electron chi connectivity index (χ4n) is 4.15. The minimum absolute atomic E-state index is 0.0721. The molecule has 1 amide bonds. The number of carbonyl (C=O) groups excluding carboxylic acids is 1. The van der Waals surface area contributed by atoms with Crippen LogP contribution in [0.3, 0.4) is 0 Å². The number of fused-ring (bicyclic) bond motifs is 1. The van der Waals surface area contributed by atoms with Crippen molar-refractivity contribution in [3.8, 4) is 5.75 Å². The van der Waals surface area contributed by atoms with Crippen molar-refractivity contribution >= 4 is 33.2 Å². The maximum Gasteiger partial charge on any atom is 0.264 e. The van der Waals surface area contributed by atoms with Gasteiger partial charge in [0.2, 0.25) is 5.91 Å². The Morgan fingerprint density at radius 2 is 1.82 bits per heavy atom. The van der Waals surface area contributed by atoms with Crippen LogP contribution < -0.4 is 14.4 Å². The number of methoxy groups -OCH3 is 1. The lowest BCUT2D eigenvalue weighted by Gasteiger charge is -2.29. The summed E-state index contributed by atoms with van der Waals surface area (Å²) in [5, 5.41) is 3.37. The van der Waals surface area contributed by atoms with E-state index in [1.807, 2.05) is 18.2 Å². The van der Waals surface area contributed by atoms with Gasteiger partial charge in [0.1, 0.15) is 12.3 Å². The molecule has 1 aliphatic rings. The molecular weight excluding hydrogens is 460 g/mol. The van der Waals surface area contributed by atoms with Crippen LogP contribution in [-0.2, 0) is 21.2 Å². The van der Waals surface area contributed by atoms with Crippen molar-refractivity contribution in [1.82, 2.24) is 5.32 Å². The van der Waals surface area contributed by atoms with Crippen LogP contribution in [0.15, 0.2) is 77.7 Å². The summed E-state index contributed by atoms with van der Waals surface area (Å²) in [6.07, 6.45) is 2.72. The highest BCUT2D eigenvalue weighted by Gasteiger charge is 2.31. The predicted octanol–water partition coefficient (Wildman–Crippen LogP) is 4.74. The predicted molar refractivity (Wildman–Crippen MR) is 129 cm³/mol. The third-order valence-electron chi connectivity index (χ3n) is 5.73. The van der Waals surface area contributed by atoms with E-state index in [1.54, 1.807) is 30.3 Å². The van der Waals surface area contributed by atoms with Crippen molar-refractivity contribution in [1.29, 1.82) is 0 Å². The summed E-state index contributed by atoms with van der Waals surface area (Å²) in [6, 6.07) is 20.5. The molecule has 0 saturated carbocycles. The Balaban J connectivity index is 1.68. The molecule has 8 heteroatoms. The van der Waals surface area contributed by atoms with Crippen LogP contribution in [0.1, 0.15) is 30.0 Å². The Morgan fingerprint density at radius 1 is 1.09 bits per heavy atom. The van der Waals surface area contributed by atoms with Gasteiger partial charge in [0, 0.05) is 5.02 Å². The molecule has 0 aliphatic heterocycles. The van der Waals surface area contributed by atoms with Crippen LogP contribution in [0.25, 0.3) is 0 Å². The molecule has 0 aromatic heterocycles. The molecule has 4 rings (SSSR count). The number of nitrogens with one attached hydrogen (secondary N) is 1. The molecule has 1 N–H and O–H groups in total. The molecule has 0 spiro atoms. The number of benzene rings is 3. The van der Waals surface area contributed by atoms with E-state index in [-0.39, 0.29) is 16.6 Å². The second-order valence-electron chi connectivity index (χ2n) is 7.85. The lowest BCUT2D eigenvalue weighted by Crippen LogP contribution is -2.42. The van der Waals surface area contributed by atoms with Gasteiger partial charge in [0.25, 0.3) is 10.0 Å². The number of aryl methyl sites for hydroxylation is 1. The van der Waals surface area contributed by atoms with Crippen molar-refractivity contribution in [2.75, 3.05) is 18.0 Å². The van der Waals surface area contributed by atoms with Crippen molar-refractivity contribution < 1.29 is 17.9 Å². The average molecular weight is 485 g/mol. The van der Waals surface area contributed by atoms with Crippen molar-refractivity contribution in [2.45, 2.75) is 30.2 Å². The Labute approximate surface area is 199 Å². The van der Waals surface area contributed by atoms with Gasteiger partial charge in [-0.15, -0.1) is 0 Å². The van der Waals surface area contributed by atoms with E-state index in [9.17, 15) is 13.2 Å². The van der Waals surface area contributed by atoms with Crippen molar-refractivity contribution in [3.63, 3.8) is 0 Å². The van der Waals surface area contributed by atoms with E-state index in [0.717, 1.165) is 29.1 Å². The van der Waals surface area contributed by atoms with E-state index >= 15 is 0 Å². The monoisotopic (exact) mass is 484 g/mol. The Kier molecular flexibility index (Phi) is 6.91. The second-order valence-corrected chi connectivity index (χ2v) is 10.2. The van der Waals surface area contributed by atoms with Crippen LogP contribution >= 0.6 is 11.6 Å². The van der Waals surface area contributed by atoms with Crippen molar-refractivity contribution in [2.24, 2.45) is 0 Å². The molecule has 1 atom stereocenters. The first-order valence-electron chi connectivity index (χ1n) is 10.7. The summed E-state index contributed by atoms with van der Waals surface area (Å²) in [5.74, 6) is -0.104. The average Bonchev–Trinajstić information content (AvgIpc) is 2.83. The molecule has 0 unspecified atom stereocenters. The number of halogens is 1. The summed E-state index contributed by atoms with van der Waals surface area (Å²) in [7, 11) is -2.62. The highest BCUT2D eigenvalue weighted by molar-refractivity contribution is 7.92. The number of amides is 1. The highest BCUT2D eigenvalue weighted by Crippen LogP contribution is 2.35. The zero-order valence-corrected chi connectivity index (χ0v) is 19.8. The highest BCUT2D eigenvalue weighted by atomic mass is 35.5. The van der Waals surface area contributed by atoms with Crippen LogP contribution in [0.4, 0.5) is 5.69 Å². The van der Waals surface area contributed by atoms with E-state index in [1.165, 1.54) is 30.9 Å². The van der Waals surface area contributed by atoms with Gasteiger partial charge in [-0.1, -0.05) is 54.1 Å². The molecule has 172 valence electrons. The normalized spacial score (nSPS) is 15.4. The molecular formula is C25H25ClN2O4S. The summed E-state index contributed by atoms with van der Waals surface area (Å²) >= 11 is 6.18. The molecule has 1 aliphatic carbocycles. The lowest BCUT2D eigenvalue weighted by molar-refractivity contribution is -0.120. The van der Waals surface area contributed by atoms with Crippen LogP contribution in [0.2, 0.25) is 5.02 Å². The molecule has 0 fully saturated rings. The van der Waals surface area contributed by atoms with Gasteiger partial charge in [0.05, 0.1) is 23.7 Å². The van der Waals surface area contributed by atoms with Gasteiger partial charge in [-0.3, -0.25) is 9.10 Å². The fourth-order valence-corrected chi connectivity index (χ4v) is 5.76. The Bertz CT molecular complexity index is 1250. The first kappa shape index (κ1) is 23.1. The number of nitrogens with zero attached hydrogens (tertiary/aromatic N) is 1. The number of hydrogen-bond acceptors (Lipinski definition) is 4. The number of rotatable bonds is 7. The second kappa shape index (κ2) is 9.85. The standard InChI is InChI=1S/C25H25ClN2O4S/c1-32-24-15-14-19(26)16-23(24)28(33(30,31)20-10-3-2-4-11-20)17-25(29)27-22-13-7-9-18-8-5-6-12-21(18)22/h2-6,8,10-12,14-16,22H,7,9,13,17H2,1H3,(H,27,29)/t22-/m1/s1. The Morgan fingerprint density at radius 3 is 2.58 bits per heavy atom. The van der Waals surface area contributed by atoms with Crippen LogP contribution in [0.5, 0.6) is 5.75 Å². The SMILES string of the molecule is COc1ccc(Cl)cc1N(CC(=O)N[C@@H]1CCCc2ccccc21)S(=O)(=O)c1ccccc1. The number of carbonyl (C=O) groups is 1. The maximum absolute atomic E-state index is 13.6. The summed E-state index contributed by atoms with van der Waals surface area (Å²) in [4.78, 5) is 13.2. The number of sulfonamides is 1. The summed E-state index contributed by atoms with van der Waals surface area (Å²) in [5.41, 5.74) is 2.49. The van der Waals surface area contributed by atoms with E-state index in [4.69, 9.17) is 16.3 Å². The maximum atomic E-state index is 13.6. The molecule has 6 nitrogen and oxygen atoms in total. The third kappa shape index (κ3) is 4.99.